The van der Waals surface area contributed by atoms with Crippen molar-refractivity contribution in [1.29, 1.82) is 0 Å². The van der Waals surface area contributed by atoms with E-state index in [-0.39, 0.29) is 38.8 Å². The van der Waals surface area contributed by atoms with E-state index in [1.807, 2.05) is 78.1 Å². The summed E-state index contributed by atoms with van der Waals surface area (Å²) < 4.78 is 26.0. The Morgan fingerprint density at radius 1 is 0.643 bits per heavy atom. The topological polar surface area (TPSA) is 208 Å². The monoisotopic (exact) mass is 775 g/mol. The number of amides is 1. The Balaban J connectivity index is 0.000000533. The molecule has 6 rings (SSSR count). The van der Waals surface area contributed by atoms with Crippen molar-refractivity contribution < 1.29 is 71.3 Å². The van der Waals surface area contributed by atoms with Crippen molar-refractivity contribution in [3.05, 3.63) is 138 Å². The molecular formula is C40H43ClLiN7O7. The third kappa shape index (κ3) is 11.5. The number of aromatic nitrogens is 4. The average Bonchev–Trinajstić information content (AvgIpc) is 3.20. The molecule has 2 aromatic heterocycles. The Bertz CT molecular complexity index is 2240. The van der Waals surface area contributed by atoms with Gasteiger partial charge in [-0.1, -0.05) is 30.3 Å². The molecule has 288 valence electrons. The van der Waals surface area contributed by atoms with Crippen LogP contribution >= 0.6 is 0 Å². The van der Waals surface area contributed by atoms with Crippen LogP contribution in [0.4, 0.5) is 11.5 Å². The van der Waals surface area contributed by atoms with Gasteiger partial charge in [0.1, 0.15) is 46.9 Å². The number of benzene rings is 4. The number of hydrogen-bond donors (Lipinski definition) is 2. The van der Waals surface area contributed by atoms with E-state index in [4.69, 9.17) is 29.4 Å². The summed E-state index contributed by atoms with van der Waals surface area (Å²) in [5, 5.41) is 1.85. The summed E-state index contributed by atoms with van der Waals surface area (Å²) in [7, 11) is 7.60. The molecule has 0 aliphatic carbocycles. The molecule has 14 nitrogen and oxygen atoms in total. The number of rotatable bonds is 12. The molecule has 0 fully saturated rings. The van der Waals surface area contributed by atoms with Gasteiger partial charge in [-0.2, -0.15) is 4.98 Å². The molecule has 0 unspecified atom stereocenters. The van der Waals surface area contributed by atoms with Crippen LogP contribution in [0.2, 0.25) is 0 Å². The van der Waals surface area contributed by atoms with E-state index in [2.05, 4.69) is 19.9 Å². The van der Waals surface area contributed by atoms with E-state index < -0.39 is 11.9 Å². The number of carbonyl (C=O) groups excluding carboxylic acids is 2. The second-order valence-corrected chi connectivity index (χ2v) is 11.3. The van der Waals surface area contributed by atoms with E-state index in [1.165, 1.54) is 34.0 Å². The van der Waals surface area contributed by atoms with Crippen LogP contribution in [0.15, 0.2) is 110 Å². The number of ether oxygens (including phenoxy) is 5. The average molecular weight is 776 g/mol. The minimum Gasteiger partial charge on any atom is -1.00 e. The minimum atomic E-state index is -0.527. The number of esters is 1. The van der Waals surface area contributed by atoms with Crippen LogP contribution in [-0.2, 0) is 11.2 Å². The normalized spacial score (nSPS) is 9.80. The standard InChI is InChI=1S/C20H19N3O4.C20H19N3O3.ClH.Li.H2N.H2/c1-25-17-7-5-4-6-14(17)16-11-19(22-12-21-16)23-13-8-9-18(26-2)15(10-13)20(24)27-3;1-25-18-6-4-3-5-15(18)17-11-14(22-12-23-17)9-13-7-8-19(26-2)16(10-13)20(21)24;;;;/h4-12H,1-3H3,(H,21,22,23);3-8,10-12H,9H2,1-2H3,(H2,21,24);1H;;1H2;1H/q;;;+1;-1;. The van der Waals surface area contributed by atoms with E-state index in [9.17, 15) is 9.59 Å². The molecule has 56 heavy (non-hydrogen) atoms. The first kappa shape index (κ1) is 46.1. The molecule has 4 aromatic carbocycles. The number of primary amides is 1. The van der Waals surface area contributed by atoms with Crippen molar-refractivity contribution in [3.8, 4) is 45.5 Å². The van der Waals surface area contributed by atoms with Gasteiger partial charge in [0, 0.05) is 42.9 Å². The van der Waals surface area contributed by atoms with Crippen LogP contribution in [0.1, 0.15) is 33.4 Å². The predicted molar refractivity (Wildman–Crippen MR) is 205 cm³/mol. The molecule has 0 aliphatic rings. The van der Waals surface area contributed by atoms with Gasteiger partial charge in [0.15, 0.2) is 0 Å². The maximum Gasteiger partial charge on any atom is 1.00 e. The number of nitrogens with two attached hydrogens (primary N) is 3. The van der Waals surface area contributed by atoms with Gasteiger partial charge in [-0.15, -0.1) is 0 Å². The first-order chi connectivity index (χ1) is 25.8. The van der Waals surface area contributed by atoms with Crippen molar-refractivity contribution in [2.45, 2.75) is 6.42 Å². The number of quaternary nitrogens is 1. The van der Waals surface area contributed by atoms with E-state index >= 15 is 0 Å². The summed E-state index contributed by atoms with van der Waals surface area (Å²) in [6, 6.07) is 29.7. The first-order valence-electron chi connectivity index (χ1n) is 16.3. The number of carbonyl (C=O) groups is 2. The van der Waals surface area contributed by atoms with Crippen LogP contribution < -0.4 is 61.3 Å². The molecular weight excluding hydrogens is 733 g/mol. The summed E-state index contributed by atoms with van der Waals surface area (Å²) in [5.74, 6) is 2.11. The quantitative estimate of drug-likeness (QED) is 0.0982. The second-order valence-electron chi connectivity index (χ2n) is 11.3. The van der Waals surface area contributed by atoms with Crippen molar-refractivity contribution in [2.75, 3.05) is 35.5 Å². The van der Waals surface area contributed by atoms with Crippen molar-refractivity contribution in [2.24, 2.45) is 5.73 Å². The fourth-order valence-electron chi connectivity index (χ4n) is 5.48. The number of hydrogen-bond acceptors (Lipinski definition) is 11. The summed E-state index contributed by atoms with van der Waals surface area (Å²) in [6.45, 7) is 0. The predicted octanol–water partition coefficient (Wildman–Crippen LogP) is 0.296. The zero-order chi connectivity index (χ0) is 37.7. The number of halogens is 1. The molecule has 0 spiro atoms. The van der Waals surface area contributed by atoms with Gasteiger partial charge < -0.3 is 48.0 Å². The van der Waals surface area contributed by atoms with Crippen LogP contribution in [0.5, 0.6) is 23.0 Å². The van der Waals surface area contributed by atoms with Gasteiger partial charge in [-0.05, 0) is 54.1 Å². The Kier molecular flexibility index (Phi) is 18.4. The Morgan fingerprint density at radius 2 is 1.18 bits per heavy atom. The van der Waals surface area contributed by atoms with Gasteiger partial charge in [-0.25, -0.2) is 19.7 Å². The zero-order valence-electron chi connectivity index (χ0n) is 31.9. The number of para-hydroxylation sites is 2. The third-order valence-corrected chi connectivity index (χ3v) is 8.04. The molecule has 0 atom stereocenters. The van der Waals surface area contributed by atoms with Crippen molar-refractivity contribution >= 4 is 23.4 Å². The Morgan fingerprint density at radius 3 is 1.75 bits per heavy atom. The summed E-state index contributed by atoms with van der Waals surface area (Å²) in [5.41, 5.74) is 11.9. The Hall–Kier alpha value is -6.01. The van der Waals surface area contributed by atoms with Crippen LogP contribution in [0.3, 0.4) is 0 Å². The van der Waals surface area contributed by atoms with Gasteiger partial charge in [0.2, 0.25) is 5.82 Å². The summed E-state index contributed by atoms with van der Waals surface area (Å²) >= 11 is 0. The maximum absolute atomic E-state index is 12.0. The minimum absolute atomic E-state index is 0. The number of methoxy groups -OCH3 is 5. The van der Waals surface area contributed by atoms with Gasteiger partial charge in [0.25, 0.3) is 5.91 Å². The van der Waals surface area contributed by atoms with Gasteiger partial charge >= 0.3 is 24.8 Å². The molecule has 2 heterocycles. The molecule has 0 bridgehead atoms. The van der Waals surface area contributed by atoms with Crippen LogP contribution in [0, 0.1) is 0 Å². The fraction of sp³-hybridized carbons (Fsp3) is 0.150. The van der Waals surface area contributed by atoms with E-state index in [1.54, 1.807) is 38.5 Å². The fourth-order valence-corrected chi connectivity index (χ4v) is 5.48. The largest absolute Gasteiger partial charge is 1.00 e. The SMILES string of the molecule is COC(=O)c1cc([NH2+]c2cc(-c3ccccc3OC)ncn2)ccc1OC.COc1ccc(Cc2cc(-c3ccccc3OC)ncn2)cc1C(N)=O.[Cl-].[HH].[Li+].[NH2-]. The van der Waals surface area contributed by atoms with E-state index in [0.29, 0.717) is 34.9 Å². The maximum atomic E-state index is 12.0. The summed E-state index contributed by atoms with van der Waals surface area (Å²) in [4.78, 5) is 40.9. The van der Waals surface area contributed by atoms with Crippen molar-refractivity contribution in [3.63, 3.8) is 0 Å². The smallest absolute Gasteiger partial charge is 1.00 e. The van der Waals surface area contributed by atoms with E-state index in [0.717, 1.165) is 51.0 Å². The van der Waals surface area contributed by atoms with Gasteiger partial charge in [-0.3, -0.25) is 10.1 Å². The molecule has 16 heteroatoms. The second kappa shape index (κ2) is 22.4. The number of nitrogens with zero attached hydrogens (tertiary/aromatic N) is 4. The van der Waals surface area contributed by atoms with Crippen LogP contribution in [-0.4, -0.2) is 67.4 Å². The third-order valence-electron chi connectivity index (χ3n) is 8.04. The Labute approximate surface area is 344 Å². The molecule has 6 N–H and O–H groups in total. The van der Waals surface area contributed by atoms with Crippen LogP contribution in [0.25, 0.3) is 28.7 Å². The van der Waals surface area contributed by atoms with Gasteiger partial charge in [0.05, 0.1) is 52.5 Å². The molecule has 0 aliphatic heterocycles. The molecule has 0 saturated carbocycles. The molecule has 0 radical (unpaired) electrons. The summed E-state index contributed by atoms with van der Waals surface area (Å²) in [6.07, 6.45) is 3.56. The zero-order valence-corrected chi connectivity index (χ0v) is 32.6. The molecule has 6 aromatic rings. The van der Waals surface area contributed by atoms with Crippen molar-refractivity contribution in [1.82, 2.24) is 19.9 Å². The molecule has 1 amide bonds. The molecule has 0 saturated heterocycles. The first-order valence-corrected chi connectivity index (χ1v) is 16.3.